The van der Waals surface area contributed by atoms with Crippen molar-refractivity contribution >= 4 is 15.7 Å². The van der Waals surface area contributed by atoms with E-state index in [1.165, 1.54) is 6.26 Å². The van der Waals surface area contributed by atoms with Crippen molar-refractivity contribution in [2.75, 3.05) is 6.26 Å². The summed E-state index contributed by atoms with van der Waals surface area (Å²) in [5, 5.41) is 2.94. The molecule has 1 heterocycles. The SMILES string of the molecule is Cc1ccc(-n2c(C)ccc2C)c(C(=O)NCc2ccc(S(C)(=O)=O)cc2)c1. The molecule has 0 bridgehead atoms. The van der Waals surface area contributed by atoms with Crippen LogP contribution >= 0.6 is 0 Å². The van der Waals surface area contributed by atoms with E-state index in [-0.39, 0.29) is 10.8 Å². The van der Waals surface area contributed by atoms with Crippen molar-refractivity contribution in [3.8, 4) is 5.69 Å². The number of aromatic nitrogens is 1. The van der Waals surface area contributed by atoms with Crippen LogP contribution in [0.4, 0.5) is 0 Å². The maximum Gasteiger partial charge on any atom is 0.253 e. The zero-order valence-corrected chi connectivity index (χ0v) is 17.3. The molecule has 0 aliphatic carbocycles. The highest BCUT2D eigenvalue weighted by Crippen LogP contribution is 2.22. The highest BCUT2D eigenvalue weighted by molar-refractivity contribution is 7.90. The fourth-order valence-electron chi connectivity index (χ4n) is 3.21. The lowest BCUT2D eigenvalue weighted by Gasteiger charge is -2.15. The van der Waals surface area contributed by atoms with Crippen molar-refractivity contribution in [3.63, 3.8) is 0 Å². The molecular formula is C22H24N2O3S. The van der Waals surface area contributed by atoms with Crippen molar-refractivity contribution < 1.29 is 13.2 Å². The Hall–Kier alpha value is -2.86. The molecule has 0 saturated heterocycles. The third kappa shape index (κ3) is 4.17. The zero-order valence-electron chi connectivity index (χ0n) is 16.5. The lowest BCUT2D eigenvalue weighted by Crippen LogP contribution is -2.24. The van der Waals surface area contributed by atoms with Gasteiger partial charge in [-0.2, -0.15) is 0 Å². The van der Waals surface area contributed by atoms with Crippen LogP contribution in [-0.4, -0.2) is 25.1 Å². The number of rotatable bonds is 5. The minimum absolute atomic E-state index is 0.168. The Labute approximate surface area is 165 Å². The largest absolute Gasteiger partial charge is 0.348 e. The number of nitrogens with one attached hydrogen (secondary N) is 1. The quantitative estimate of drug-likeness (QED) is 0.714. The van der Waals surface area contributed by atoms with E-state index in [9.17, 15) is 13.2 Å². The van der Waals surface area contributed by atoms with E-state index in [4.69, 9.17) is 0 Å². The van der Waals surface area contributed by atoms with Crippen LogP contribution in [0.2, 0.25) is 0 Å². The first-order chi connectivity index (χ1) is 13.2. The van der Waals surface area contributed by atoms with E-state index in [2.05, 4.69) is 9.88 Å². The average molecular weight is 397 g/mol. The topological polar surface area (TPSA) is 68.2 Å². The number of amides is 1. The molecule has 0 spiro atoms. The summed E-state index contributed by atoms with van der Waals surface area (Å²) in [6.07, 6.45) is 1.17. The minimum Gasteiger partial charge on any atom is -0.348 e. The van der Waals surface area contributed by atoms with E-state index < -0.39 is 9.84 Å². The highest BCUT2D eigenvalue weighted by Gasteiger charge is 2.15. The summed E-state index contributed by atoms with van der Waals surface area (Å²) in [6.45, 7) is 6.30. The molecule has 2 aromatic carbocycles. The molecule has 0 fully saturated rings. The van der Waals surface area contributed by atoms with E-state index in [1.807, 2.05) is 51.1 Å². The van der Waals surface area contributed by atoms with Crippen LogP contribution in [0.3, 0.4) is 0 Å². The molecule has 3 rings (SSSR count). The van der Waals surface area contributed by atoms with E-state index >= 15 is 0 Å². The predicted octanol–water partition coefficient (Wildman–Crippen LogP) is 3.74. The lowest BCUT2D eigenvalue weighted by molar-refractivity contribution is 0.0951. The van der Waals surface area contributed by atoms with E-state index in [1.54, 1.807) is 24.3 Å². The highest BCUT2D eigenvalue weighted by atomic mass is 32.2. The van der Waals surface area contributed by atoms with Crippen molar-refractivity contribution in [1.82, 2.24) is 9.88 Å². The Balaban J connectivity index is 1.84. The lowest BCUT2D eigenvalue weighted by atomic mass is 10.1. The van der Waals surface area contributed by atoms with Crippen LogP contribution in [-0.2, 0) is 16.4 Å². The van der Waals surface area contributed by atoms with Crippen molar-refractivity contribution in [2.45, 2.75) is 32.2 Å². The van der Waals surface area contributed by atoms with Gasteiger partial charge in [0.2, 0.25) is 0 Å². The Bertz CT molecular complexity index is 1110. The maximum atomic E-state index is 12.9. The van der Waals surface area contributed by atoms with Gasteiger partial charge in [-0.05, 0) is 62.7 Å². The number of nitrogens with zero attached hydrogens (tertiary/aromatic N) is 1. The fraction of sp³-hybridized carbons (Fsp3) is 0.227. The van der Waals surface area contributed by atoms with Gasteiger partial charge in [0.05, 0.1) is 16.1 Å². The van der Waals surface area contributed by atoms with Crippen molar-refractivity contribution in [3.05, 3.63) is 82.7 Å². The van der Waals surface area contributed by atoms with Crippen LogP contribution in [0.15, 0.2) is 59.5 Å². The number of aryl methyl sites for hydroxylation is 3. The molecule has 0 atom stereocenters. The molecule has 5 nitrogen and oxygen atoms in total. The molecule has 28 heavy (non-hydrogen) atoms. The molecule has 3 aromatic rings. The summed E-state index contributed by atoms with van der Waals surface area (Å²) >= 11 is 0. The summed E-state index contributed by atoms with van der Waals surface area (Å²) in [4.78, 5) is 13.2. The normalized spacial score (nSPS) is 11.4. The smallest absolute Gasteiger partial charge is 0.253 e. The summed E-state index contributed by atoms with van der Waals surface area (Å²) < 4.78 is 25.2. The number of carbonyl (C=O) groups excluding carboxylic acids is 1. The first-order valence-electron chi connectivity index (χ1n) is 9.00. The molecule has 1 aromatic heterocycles. The predicted molar refractivity (Wildman–Crippen MR) is 111 cm³/mol. The summed E-state index contributed by atoms with van der Waals surface area (Å²) in [7, 11) is -3.23. The van der Waals surface area contributed by atoms with Gasteiger partial charge in [-0.3, -0.25) is 4.79 Å². The maximum absolute atomic E-state index is 12.9. The molecule has 1 amide bonds. The monoisotopic (exact) mass is 396 g/mol. The molecule has 1 N–H and O–H groups in total. The first kappa shape index (κ1) is 19.9. The number of sulfone groups is 1. The van der Waals surface area contributed by atoms with Gasteiger partial charge in [0.25, 0.3) is 5.91 Å². The third-order valence-electron chi connectivity index (χ3n) is 4.71. The second-order valence-electron chi connectivity index (χ2n) is 7.07. The molecule has 0 aliphatic heterocycles. The number of carbonyl (C=O) groups is 1. The third-order valence-corrected chi connectivity index (χ3v) is 5.84. The van der Waals surface area contributed by atoms with E-state index in [0.29, 0.717) is 12.1 Å². The van der Waals surface area contributed by atoms with Crippen LogP contribution in [0, 0.1) is 20.8 Å². The van der Waals surface area contributed by atoms with Gasteiger partial charge in [-0.15, -0.1) is 0 Å². The van der Waals surface area contributed by atoms with E-state index in [0.717, 1.165) is 28.2 Å². The van der Waals surface area contributed by atoms with Gasteiger partial charge in [-0.1, -0.05) is 23.8 Å². The molecule has 146 valence electrons. The molecule has 0 radical (unpaired) electrons. The van der Waals surface area contributed by atoms with Gasteiger partial charge >= 0.3 is 0 Å². The molecule has 0 aliphatic rings. The van der Waals surface area contributed by atoms with Crippen LogP contribution in [0.1, 0.15) is 32.9 Å². The van der Waals surface area contributed by atoms with Gasteiger partial charge < -0.3 is 9.88 Å². The number of hydrogen-bond acceptors (Lipinski definition) is 3. The zero-order chi connectivity index (χ0) is 20.5. The second-order valence-corrected chi connectivity index (χ2v) is 9.09. The number of hydrogen-bond donors (Lipinski definition) is 1. The summed E-state index contributed by atoms with van der Waals surface area (Å²) in [5.74, 6) is -0.168. The van der Waals surface area contributed by atoms with Gasteiger partial charge in [0.15, 0.2) is 9.84 Å². The van der Waals surface area contributed by atoms with Crippen molar-refractivity contribution in [1.29, 1.82) is 0 Å². The second kappa shape index (κ2) is 7.64. The molecule has 0 saturated carbocycles. The Morgan fingerprint density at radius 1 is 0.929 bits per heavy atom. The Morgan fingerprint density at radius 2 is 1.54 bits per heavy atom. The summed E-state index contributed by atoms with van der Waals surface area (Å²) in [5.41, 5.74) is 5.42. The van der Waals surface area contributed by atoms with Gasteiger partial charge in [0, 0.05) is 24.2 Å². The first-order valence-corrected chi connectivity index (χ1v) is 10.9. The van der Waals surface area contributed by atoms with Crippen LogP contribution in [0.5, 0.6) is 0 Å². The van der Waals surface area contributed by atoms with Gasteiger partial charge in [-0.25, -0.2) is 8.42 Å². The van der Waals surface area contributed by atoms with Crippen LogP contribution in [0.25, 0.3) is 5.69 Å². The van der Waals surface area contributed by atoms with Crippen molar-refractivity contribution in [2.24, 2.45) is 0 Å². The molecular weight excluding hydrogens is 372 g/mol. The molecule has 6 heteroatoms. The Kier molecular flexibility index (Phi) is 5.42. The standard InChI is InChI=1S/C22H24N2O3S/c1-15-5-12-21(24-16(2)6-7-17(24)3)20(13-15)22(25)23-14-18-8-10-19(11-9-18)28(4,26)27/h5-13H,14H2,1-4H3,(H,23,25). The Morgan fingerprint density at radius 3 is 2.11 bits per heavy atom. The number of benzene rings is 2. The van der Waals surface area contributed by atoms with Gasteiger partial charge in [0.1, 0.15) is 0 Å². The summed E-state index contributed by atoms with van der Waals surface area (Å²) in [6, 6.07) is 16.4. The molecule has 0 unspecified atom stereocenters. The minimum atomic E-state index is -3.23. The average Bonchev–Trinajstić information content (AvgIpc) is 2.98. The van der Waals surface area contributed by atoms with Crippen LogP contribution < -0.4 is 5.32 Å². The fourth-order valence-corrected chi connectivity index (χ4v) is 3.84.